The van der Waals surface area contributed by atoms with E-state index < -0.39 is 0 Å². The third-order valence-corrected chi connectivity index (χ3v) is 3.11. The molecule has 2 rings (SSSR count). The molecule has 1 atom stereocenters. The van der Waals surface area contributed by atoms with E-state index in [1.165, 1.54) is 19.3 Å². The Morgan fingerprint density at radius 1 is 1.46 bits per heavy atom. The Morgan fingerprint density at radius 2 is 2.31 bits per heavy atom. The maximum Gasteiger partial charge on any atom is 0.0698 e. The summed E-state index contributed by atoms with van der Waals surface area (Å²) < 4.78 is 0. The monoisotopic (exact) mass is 180 g/mol. The summed E-state index contributed by atoms with van der Waals surface area (Å²) in [4.78, 5) is 5.39. The van der Waals surface area contributed by atoms with Crippen LogP contribution in [0.1, 0.15) is 25.7 Å². The van der Waals surface area contributed by atoms with Gasteiger partial charge in [0.2, 0.25) is 0 Å². The van der Waals surface area contributed by atoms with Crippen LogP contribution < -0.4 is 0 Å². The molecule has 0 aromatic carbocycles. The molecule has 13 heavy (non-hydrogen) atoms. The third kappa shape index (κ3) is 2.01. The van der Waals surface area contributed by atoms with Gasteiger partial charge in [-0.25, -0.2) is 0 Å². The summed E-state index contributed by atoms with van der Waals surface area (Å²) in [7, 11) is 0. The van der Waals surface area contributed by atoms with Gasteiger partial charge in [0, 0.05) is 13.1 Å². The highest BCUT2D eigenvalue weighted by Gasteiger charge is 2.29. The molecule has 1 saturated heterocycles. The van der Waals surface area contributed by atoms with E-state index in [-0.39, 0.29) is 5.92 Å². The van der Waals surface area contributed by atoms with Crippen LogP contribution in [0.25, 0.3) is 0 Å². The van der Waals surface area contributed by atoms with Gasteiger partial charge in [-0.05, 0) is 25.2 Å². The van der Waals surface area contributed by atoms with Crippen molar-refractivity contribution in [2.75, 3.05) is 19.7 Å². The van der Waals surface area contributed by atoms with Crippen molar-refractivity contribution in [3.05, 3.63) is 0 Å². The van der Waals surface area contributed by atoms with Crippen molar-refractivity contribution in [1.29, 1.82) is 5.26 Å². The van der Waals surface area contributed by atoms with Crippen molar-refractivity contribution >= 4 is 0 Å². The van der Waals surface area contributed by atoms with Gasteiger partial charge in [0.15, 0.2) is 0 Å². The number of rotatable bonds is 3. The smallest absolute Gasteiger partial charge is 0.0698 e. The molecule has 0 N–H and O–H groups in total. The fraction of sp³-hybridized carbons (Fsp3) is 0.900. The number of hydroxylamine groups is 2. The number of hydrogen-bond donors (Lipinski definition) is 0. The average molecular weight is 180 g/mol. The Morgan fingerprint density at radius 3 is 2.77 bits per heavy atom. The molecule has 1 aliphatic carbocycles. The van der Waals surface area contributed by atoms with Crippen LogP contribution in [-0.2, 0) is 4.84 Å². The van der Waals surface area contributed by atoms with Crippen molar-refractivity contribution in [3.63, 3.8) is 0 Å². The van der Waals surface area contributed by atoms with Crippen LogP contribution in [0.5, 0.6) is 0 Å². The Hall–Kier alpha value is -0.590. The zero-order chi connectivity index (χ0) is 9.10. The maximum atomic E-state index is 8.99. The molecule has 0 radical (unpaired) electrons. The quantitative estimate of drug-likeness (QED) is 0.661. The summed E-state index contributed by atoms with van der Waals surface area (Å²) in [6.45, 7) is 2.66. The van der Waals surface area contributed by atoms with Crippen LogP contribution >= 0.6 is 0 Å². The lowest BCUT2D eigenvalue weighted by Crippen LogP contribution is -2.32. The molecule has 2 fully saturated rings. The molecule has 1 aliphatic heterocycles. The Bertz CT molecular complexity index is 201. The van der Waals surface area contributed by atoms with Crippen LogP contribution in [-0.4, -0.2) is 24.8 Å². The van der Waals surface area contributed by atoms with Gasteiger partial charge in [-0.15, -0.1) is 0 Å². The second kappa shape index (κ2) is 4.08. The largest absolute Gasteiger partial charge is 0.299 e. The molecule has 3 heteroatoms. The summed E-state index contributed by atoms with van der Waals surface area (Å²) in [5.41, 5.74) is 0. The van der Waals surface area contributed by atoms with Crippen molar-refractivity contribution < 1.29 is 4.84 Å². The highest BCUT2D eigenvalue weighted by Crippen LogP contribution is 2.33. The molecule has 1 heterocycles. The maximum absolute atomic E-state index is 8.99. The van der Waals surface area contributed by atoms with E-state index in [0.29, 0.717) is 5.92 Å². The van der Waals surface area contributed by atoms with Crippen LogP contribution in [0.2, 0.25) is 0 Å². The lowest BCUT2D eigenvalue weighted by Gasteiger charge is -2.31. The van der Waals surface area contributed by atoms with E-state index in [9.17, 15) is 0 Å². The van der Waals surface area contributed by atoms with Crippen LogP contribution in [0.15, 0.2) is 0 Å². The minimum absolute atomic E-state index is 0.201. The fourth-order valence-corrected chi connectivity index (χ4v) is 2.00. The Labute approximate surface area is 79.2 Å². The lowest BCUT2D eigenvalue weighted by atomic mass is 9.76. The fourth-order valence-electron chi connectivity index (χ4n) is 2.00. The van der Waals surface area contributed by atoms with E-state index in [2.05, 4.69) is 6.07 Å². The molecule has 1 saturated carbocycles. The molecular formula is C10H16N2O. The zero-order valence-corrected chi connectivity index (χ0v) is 7.91. The van der Waals surface area contributed by atoms with Gasteiger partial charge in [-0.1, -0.05) is 6.42 Å². The first-order valence-corrected chi connectivity index (χ1v) is 5.17. The summed E-state index contributed by atoms with van der Waals surface area (Å²) in [5.74, 6) is 0.848. The van der Waals surface area contributed by atoms with E-state index in [1.54, 1.807) is 0 Å². The first-order valence-electron chi connectivity index (χ1n) is 5.17. The van der Waals surface area contributed by atoms with E-state index >= 15 is 0 Å². The van der Waals surface area contributed by atoms with Gasteiger partial charge < -0.3 is 0 Å². The highest BCUT2D eigenvalue weighted by atomic mass is 16.7. The van der Waals surface area contributed by atoms with Crippen molar-refractivity contribution in [3.8, 4) is 6.07 Å². The zero-order valence-electron chi connectivity index (χ0n) is 7.91. The first kappa shape index (κ1) is 8.98. The second-order valence-corrected chi connectivity index (χ2v) is 4.00. The van der Waals surface area contributed by atoms with Crippen LogP contribution in [0, 0.1) is 23.2 Å². The number of hydrogen-bond acceptors (Lipinski definition) is 3. The van der Waals surface area contributed by atoms with Crippen LogP contribution in [0.4, 0.5) is 0 Å². The van der Waals surface area contributed by atoms with Gasteiger partial charge in [-0.3, -0.25) is 4.84 Å². The van der Waals surface area contributed by atoms with E-state index in [0.717, 1.165) is 26.1 Å². The van der Waals surface area contributed by atoms with E-state index in [4.69, 9.17) is 10.1 Å². The SMILES string of the molecule is N#CC(CN1CCCO1)C1CCC1. The number of nitrogens with zero attached hydrogens (tertiary/aromatic N) is 2. The molecule has 0 aromatic rings. The summed E-state index contributed by atoms with van der Waals surface area (Å²) >= 11 is 0. The standard InChI is InChI=1S/C10H16N2O/c11-7-10(9-3-1-4-9)8-12-5-2-6-13-12/h9-10H,1-6,8H2. The van der Waals surface area contributed by atoms with Gasteiger partial charge in [0.05, 0.1) is 18.6 Å². The normalized spacial score (nSPS) is 26.7. The third-order valence-electron chi connectivity index (χ3n) is 3.11. The van der Waals surface area contributed by atoms with E-state index in [1.807, 2.05) is 5.06 Å². The molecule has 2 aliphatic rings. The molecule has 0 aromatic heterocycles. The summed E-state index contributed by atoms with van der Waals surface area (Å²) in [6, 6.07) is 2.41. The van der Waals surface area contributed by atoms with Crippen molar-refractivity contribution in [2.45, 2.75) is 25.7 Å². The van der Waals surface area contributed by atoms with Crippen LogP contribution in [0.3, 0.4) is 0 Å². The Kier molecular flexibility index (Phi) is 2.82. The topological polar surface area (TPSA) is 36.3 Å². The second-order valence-electron chi connectivity index (χ2n) is 4.00. The number of nitriles is 1. The predicted molar refractivity (Wildman–Crippen MR) is 48.6 cm³/mol. The lowest BCUT2D eigenvalue weighted by molar-refractivity contribution is -0.120. The molecule has 0 spiro atoms. The van der Waals surface area contributed by atoms with Crippen molar-refractivity contribution in [1.82, 2.24) is 5.06 Å². The summed E-state index contributed by atoms with van der Waals surface area (Å²) in [6.07, 6.45) is 4.91. The molecular weight excluding hydrogens is 164 g/mol. The van der Waals surface area contributed by atoms with Gasteiger partial charge in [0.25, 0.3) is 0 Å². The predicted octanol–water partition coefficient (Wildman–Crippen LogP) is 1.56. The Balaban J connectivity index is 1.79. The highest BCUT2D eigenvalue weighted by molar-refractivity contribution is 4.93. The minimum atomic E-state index is 0.201. The minimum Gasteiger partial charge on any atom is -0.299 e. The molecule has 72 valence electrons. The van der Waals surface area contributed by atoms with Gasteiger partial charge in [-0.2, -0.15) is 10.3 Å². The first-order chi connectivity index (χ1) is 6.40. The van der Waals surface area contributed by atoms with Crippen molar-refractivity contribution in [2.24, 2.45) is 11.8 Å². The summed E-state index contributed by atoms with van der Waals surface area (Å²) in [5, 5.41) is 11.0. The van der Waals surface area contributed by atoms with Gasteiger partial charge in [0.1, 0.15) is 0 Å². The molecule has 0 bridgehead atoms. The molecule has 1 unspecified atom stereocenters. The molecule has 0 amide bonds. The molecule has 3 nitrogen and oxygen atoms in total. The van der Waals surface area contributed by atoms with Gasteiger partial charge >= 0.3 is 0 Å². The average Bonchev–Trinajstić information content (AvgIpc) is 2.52.